The standard InChI is InChI=1S/C17H15N5OS/c1-11-6-8-13(9-7-11)16-20-19-15(23-16)12(2)24-17-21-18-14-5-3-4-10-22(14)17/h3-10,12H,1-2H3. The second-order valence-corrected chi connectivity index (χ2v) is 6.79. The quantitative estimate of drug-likeness (QED) is 0.525. The van der Waals surface area contributed by atoms with Crippen molar-refractivity contribution in [2.75, 3.05) is 0 Å². The van der Waals surface area contributed by atoms with E-state index in [1.54, 1.807) is 0 Å². The van der Waals surface area contributed by atoms with Crippen molar-refractivity contribution in [1.29, 1.82) is 0 Å². The Morgan fingerprint density at radius 2 is 1.83 bits per heavy atom. The predicted molar refractivity (Wildman–Crippen MR) is 91.7 cm³/mol. The molecule has 0 fully saturated rings. The van der Waals surface area contributed by atoms with Gasteiger partial charge in [0.25, 0.3) is 0 Å². The fraction of sp³-hybridized carbons (Fsp3) is 0.176. The molecule has 0 spiro atoms. The van der Waals surface area contributed by atoms with Crippen molar-refractivity contribution in [3.63, 3.8) is 0 Å². The largest absolute Gasteiger partial charge is 0.419 e. The molecule has 0 aliphatic heterocycles. The van der Waals surface area contributed by atoms with E-state index in [1.807, 2.05) is 66.9 Å². The first-order valence-electron chi connectivity index (χ1n) is 7.57. The van der Waals surface area contributed by atoms with Crippen molar-refractivity contribution in [1.82, 2.24) is 24.8 Å². The van der Waals surface area contributed by atoms with Gasteiger partial charge in [-0.05, 0) is 38.1 Å². The summed E-state index contributed by atoms with van der Waals surface area (Å²) in [7, 11) is 0. The average molecular weight is 337 g/mol. The lowest BCUT2D eigenvalue weighted by Crippen LogP contribution is -1.92. The van der Waals surface area contributed by atoms with Gasteiger partial charge in [0.2, 0.25) is 11.8 Å². The smallest absolute Gasteiger partial charge is 0.247 e. The summed E-state index contributed by atoms with van der Waals surface area (Å²) in [5.41, 5.74) is 2.93. The molecule has 24 heavy (non-hydrogen) atoms. The molecule has 4 aromatic rings. The maximum atomic E-state index is 5.83. The predicted octanol–water partition coefficient (Wildman–Crippen LogP) is 3.94. The fourth-order valence-corrected chi connectivity index (χ4v) is 3.19. The number of thioether (sulfide) groups is 1. The first-order valence-corrected chi connectivity index (χ1v) is 8.45. The fourth-order valence-electron chi connectivity index (χ4n) is 2.32. The molecule has 0 saturated heterocycles. The zero-order valence-corrected chi connectivity index (χ0v) is 14.1. The van der Waals surface area contributed by atoms with E-state index in [2.05, 4.69) is 20.4 Å². The SMILES string of the molecule is Cc1ccc(-c2nnc(C(C)Sc3nnc4ccccn34)o2)cc1. The highest BCUT2D eigenvalue weighted by atomic mass is 32.2. The normalized spacial score (nSPS) is 12.6. The molecule has 0 N–H and O–H groups in total. The van der Waals surface area contributed by atoms with Crippen molar-refractivity contribution in [3.8, 4) is 11.5 Å². The molecule has 120 valence electrons. The van der Waals surface area contributed by atoms with Gasteiger partial charge in [0.05, 0.1) is 5.25 Å². The summed E-state index contributed by atoms with van der Waals surface area (Å²) in [6.07, 6.45) is 1.94. The van der Waals surface area contributed by atoms with Gasteiger partial charge in [0.15, 0.2) is 10.8 Å². The Labute approximate surface area is 142 Å². The van der Waals surface area contributed by atoms with Gasteiger partial charge in [0, 0.05) is 11.8 Å². The summed E-state index contributed by atoms with van der Waals surface area (Å²) in [5.74, 6) is 1.10. The van der Waals surface area contributed by atoms with Gasteiger partial charge < -0.3 is 4.42 Å². The van der Waals surface area contributed by atoms with Gasteiger partial charge in [-0.2, -0.15) is 0 Å². The van der Waals surface area contributed by atoms with Crippen LogP contribution in [0.5, 0.6) is 0 Å². The lowest BCUT2D eigenvalue weighted by atomic mass is 10.1. The molecule has 3 aromatic heterocycles. The lowest BCUT2D eigenvalue weighted by Gasteiger charge is -2.04. The van der Waals surface area contributed by atoms with Gasteiger partial charge in [0.1, 0.15) is 0 Å². The van der Waals surface area contributed by atoms with Crippen molar-refractivity contribution in [3.05, 3.63) is 60.1 Å². The Hall–Kier alpha value is -2.67. The van der Waals surface area contributed by atoms with E-state index in [4.69, 9.17) is 4.42 Å². The molecule has 4 rings (SSSR count). The number of pyridine rings is 1. The Balaban J connectivity index is 1.57. The van der Waals surface area contributed by atoms with Crippen LogP contribution in [0, 0.1) is 6.92 Å². The summed E-state index contributed by atoms with van der Waals surface area (Å²) in [6, 6.07) is 13.8. The minimum absolute atomic E-state index is 0.0238. The van der Waals surface area contributed by atoms with Crippen LogP contribution in [-0.4, -0.2) is 24.8 Å². The molecule has 1 aromatic carbocycles. The molecule has 6 nitrogen and oxygen atoms in total. The maximum absolute atomic E-state index is 5.83. The first-order chi connectivity index (χ1) is 11.7. The molecule has 0 aliphatic rings. The highest BCUT2D eigenvalue weighted by molar-refractivity contribution is 7.99. The zero-order chi connectivity index (χ0) is 16.5. The van der Waals surface area contributed by atoms with Gasteiger partial charge >= 0.3 is 0 Å². The number of benzene rings is 1. The van der Waals surface area contributed by atoms with E-state index in [0.717, 1.165) is 16.4 Å². The molecule has 1 unspecified atom stereocenters. The summed E-state index contributed by atoms with van der Waals surface area (Å²) in [5, 5.41) is 17.5. The lowest BCUT2D eigenvalue weighted by molar-refractivity contribution is 0.509. The number of aromatic nitrogens is 5. The van der Waals surface area contributed by atoms with Gasteiger partial charge in [-0.25, -0.2) is 0 Å². The summed E-state index contributed by atoms with van der Waals surface area (Å²) in [4.78, 5) is 0. The van der Waals surface area contributed by atoms with Crippen LogP contribution in [0.4, 0.5) is 0 Å². The molecule has 0 bridgehead atoms. The molecular weight excluding hydrogens is 322 g/mol. The van der Waals surface area contributed by atoms with Gasteiger partial charge in [-0.15, -0.1) is 20.4 Å². The van der Waals surface area contributed by atoms with Gasteiger partial charge in [-0.1, -0.05) is 35.5 Å². The van der Waals surface area contributed by atoms with E-state index in [-0.39, 0.29) is 5.25 Å². The molecule has 0 amide bonds. The summed E-state index contributed by atoms with van der Waals surface area (Å²) in [6.45, 7) is 4.06. The van der Waals surface area contributed by atoms with Crippen molar-refractivity contribution in [2.45, 2.75) is 24.3 Å². The van der Waals surface area contributed by atoms with Crippen LogP contribution >= 0.6 is 11.8 Å². The van der Waals surface area contributed by atoms with E-state index in [1.165, 1.54) is 17.3 Å². The highest BCUT2D eigenvalue weighted by Gasteiger charge is 2.19. The van der Waals surface area contributed by atoms with Crippen LogP contribution in [0.2, 0.25) is 0 Å². The van der Waals surface area contributed by atoms with Crippen molar-refractivity contribution in [2.24, 2.45) is 0 Å². The van der Waals surface area contributed by atoms with E-state index in [9.17, 15) is 0 Å². The van der Waals surface area contributed by atoms with Crippen LogP contribution < -0.4 is 0 Å². The minimum Gasteiger partial charge on any atom is -0.419 e. The van der Waals surface area contributed by atoms with Crippen molar-refractivity contribution < 1.29 is 4.42 Å². The minimum atomic E-state index is -0.0238. The second-order valence-electron chi connectivity index (χ2n) is 5.48. The van der Waals surface area contributed by atoms with Crippen LogP contribution in [0.25, 0.3) is 17.1 Å². The Morgan fingerprint density at radius 1 is 1.00 bits per heavy atom. The second kappa shape index (κ2) is 6.09. The molecule has 7 heteroatoms. The number of hydrogen-bond donors (Lipinski definition) is 0. The Kier molecular flexibility index (Phi) is 3.78. The number of fused-ring (bicyclic) bond motifs is 1. The zero-order valence-electron chi connectivity index (χ0n) is 13.2. The summed E-state index contributed by atoms with van der Waals surface area (Å²) >= 11 is 1.54. The van der Waals surface area contributed by atoms with E-state index >= 15 is 0 Å². The monoisotopic (exact) mass is 337 g/mol. The third-order valence-electron chi connectivity index (χ3n) is 3.65. The molecule has 3 heterocycles. The van der Waals surface area contributed by atoms with Crippen molar-refractivity contribution >= 4 is 17.4 Å². The number of nitrogens with zero attached hydrogens (tertiary/aromatic N) is 5. The number of rotatable bonds is 4. The van der Waals surface area contributed by atoms with Crippen LogP contribution in [-0.2, 0) is 0 Å². The van der Waals surface area contributed by atoms with E-state index < -0.39 is 0 Å². The Bertz CT molecular complexity index is 976. The molecular formula is C17H15N5OS. The first kappa shape index (κ1) is 14.9. The topological polar surface area (TPSA) is 69.1 Å². The molecule has 0 radical (unpaired) electrons. The average Bonchev–Trinajstić information content (AvgIpc) is 3.23. The molecule has 0 saturated carbocycles. The van der Waals surface area contributed by atoms with Crippen LogP contribution in [0.3, 0.4) is 0 Å². The summed E-state index contributed by atoms with van der Waals surface area (Å²) < 4.78 is 7.77. The number of hydrogen-bond acceptors (Lipinski definition) is 6. The third-order valence-corrected chi connectivity index (χ3v) is 4.70. The van der Waals surface area contributed by atoms with Crippen LogP contribution in [0.15, 0.2) is 58.2 Å². The van der Waals surface area contributed by atoms with E-state index in [0.29, 0.717) is 11.8 Å². The third kappa shape index (κ3) is 2.78. The van der Waals surface area contributed by atoms with Crippen LogP contribution in [0.1, 0.15) is 23.6 Å². The van der Waals surface area contributed by atoms with Gasteiger partial charge in [-0.3, -0.25) is 4.40 Å². The Morgan fingerprint density at radius 3 is 2.67 bits per heavy atom. The number of aryl methyl sites for hydroxylation is 1. The highest BCUT2D eigenvalue weighted by Crippen LogP contribution is 2.34. The molecule has 0 aliphatic carbocycles. The molecule has 1 atom stereocenters. The maximum Gasteiger partial charge on any atom is 0.247 e.